The van der Waals surface area contributed by atoms with E-state index in [0.29, 0.717) is 0 Å². The number of aromatic amines is 1. The smallest absolute Gasteiger partial charge is 0.137 e. The Hall–Kier alpha value is -1.23. The molecule has 0 spiro atoms. The van der Waals surface area contributed by atoms with Crippen molar-refractivity contribution in [2.24, 2.45) is 0 Å². The molecule has 1 radical (unpaired) electrons. The van der Waals surface area contributed by atoms with Gasteiger partial charge < -0.3 is 0 Å². The third-order valence-corrected chi connectivity index (χ3v) is 1.70. The van der Waals surface area contributed by atoms with Crippen molar-refractivity contribution in [2.75, 3.05) is 0 Å². The van der Waals surface area contributed by atoms with E-state index in [9.17, 15) is 0 Å². The molecule has 0 aliphatic heterocycles. The zero-order chi connectivity index (χ0) is 6.81. The summed E-state index contributed by atoms with van der Waals surface area (Å²) < 4.78 is 3.66. The van der Waals surface area contributed by atoms with Gasteiger partial charge in [-0.05, 0) is 17.6 Å². The van der Waals surface area contributed by atoms with Crippen LogP contribution in [0.25, 0.3) is 10.6 Å². The van der Waals surface area contributed by atoms with Crippen LogP contribution in [-0.2, 0) is 0 Å². The van der Waals surface area contributed by atoms with E-state index >= 15 is 0 Å². The van der Waals surface area contributed by atoms with Gasteiger partial charge in [0.15, 0.2) is 0 Å². The highest BCUT2D eigenvalue weighted by atomic mass is 32.1. The van der Waals surface area contributed by atoms with E-state index in [1.54, 1.807) is 6.20 Å². The van der Waals surface area contributed by atoms with Crippen LogP contribution in [-0.4, -0.2) is 19.8 Å². The standard InChI is InChI=1S/C5H3N4S/c1-2-6-8-4(1)5-3-7-9-10-5/h1-2H,(H,6,8). The molecule has 0 bridgehead atoms. The first-order chi connectivity index (χ1) is 4.97. The van der Waals surface area contributed by atoms with Crippen molar-refractivity contribution in [3.8, 4) is 10.6 Å². The van der Waals surface area contributed by atoms with Crippen molar-refractivity contribution in [3.05, 3.63) is 18.5 Å². The second-order valence-corrected chi connectivity index (χ2v) is 2.43. The Balaban J connectivity index is 2.48. The minimum Gasteiger partial charge on any atom is -0.285 e. The van der Waals surface area contributed by atoms with Crippen LogP contribution < -0.4 is 0 Å². The number of rotatable bonds is 1. The number of H-pyrrole nitrogens is 1. The third-order valence-electron chi connectivity index (χ3n) is 1.06. The molecular weight excluding hydrogens is 148 g/mol. The van der Waals surface area contributed by atoms with Crippen LogP contribution in [0.4, 0.5) is 0 Å². The van der Waals surface area contributed by atoms with Crippen molar-refractivity contribution < 1.29 is 0 Å². The molecule has 2 aromatic rings. The summed E-state index contributed by atoms with van der Waals surface area (Å²) in [7, 11) is 0. The molecule has 0 aliphatic carbocycles. The second kappa shape index (κ2) is 2.18. The van der Waals surface area contributed by atoms with Gasteiger partial charge in [0.05, 0.1) is 0 Å². The van der Waals surface area contributed by atoms with Gasteiger partial charge in [0.25, 0.3) is 0 Å². The van der Waals surface area contributed by atoms with Gasteiger partial charge in [0, 0.05) is 6.20 Å². The SMILES string of the molecule is [c]1nnsc1-c1cc[nH]n1. The first-order valence-corrected chi connectivity index (χ1v) is 3.44. The molecule has 2 aromatic heterocycles. The Bertz CT molecular complexity index is 253. The van der Waals surface area contributed by atoms with Crippen LogP contribution in [0.2, 0.25) is 0 Å². The van der Waals surface area contributed by atoms with Gasteiger partial charge in [-0.2, -0.15) is 5.10 Å². The van der Waals surface area contributed by atoms with Crippen molar-refractivity contribution in [3.63, 3.8) is 0 Å². The number of nitrogens with zero attached hydrogens (tertiary/aromatic N) is 3. The normalized spacial score (nSPS) is 10.0. The summed E-state index contributed by atoms with van der Waals surface area (Å²) in [5, 5.41) is 10.2. The second-order valence-electron chi connectivity index (χ2n) is 1.67. The Kier molecular flexibility index (Phi) is 1.21. The fourth-order valence-electron chi connectivity index (χ4n) is 0.638. The van der Waals surface area contributed by atoms with Gasteiger partial charge in [-0.3, -0.25) is 5.10 Å². The molecule has 0 aliphatic rings. The van der Waals surface area contributed by atoms with E-state index in [0.717, 1.165) is 10.6 Å². The molecule has 5 heteroatoms. The topological polar surface area (TPSA) is 54.5 Å². The Labute approximate surface area is 61.1 Å². The van der Waals surface area contributed by atoms with Gasteiger partial charge in [0.1, 0.15) is 16.8 Å². The van der Waals surface area contributed by atoms with E-state index in [4.69, 9.17) is 0 Å². The number of nitrogens with one attached hydrogen (secondary N) is 1. The fraction of sp³-hybridized carbons (Fsp3) is 0. The highest BCUT2D eigenvalue weighted by Gasteiger charge is 2.00. The zero-order valence-corrected chi connectivity index (χ0v) is 5.72. The molecule has 1 N–H and O–H groups in total. The van der Waals surface area contributed by atoms with Crippen molar-refractivity contribution in [1.82, 2.24) is 19.8 Å². The predicted octanol–water partition coefficient (Wildman–Crippen LogP) is 0.728. The number of aromatic nitrogens is 4. The lowest BCUT2D eigenvalue weighted by Crippen LogP contribution is -1.70. The highest BCUT2D eigenvalue weighted by molar-refractivity contribution is 7.09. The van der Waals surface area contributed by atoms with Crippen LogP contribution in [0.15, 0.2) is 12.3 Å². The number of hydrogen-bond donors (Lipinski definition) is 1. The van der Waals surface area contributed by atoms with Gasteiger partial charge >= 0.3 is 0 Å². The average molecular weight is 151 g/mol. The van der Waals surface area contributed by atoms with Crippen LogP contribution in [0.5, 0.6) is 0 Å². The summed E-state index contributed by atoms with van der Waals surface area (Å²) in [6, 6.07) is 1.85. The molecule has 2 heterocycles. The first-order valence-electron chi connectivity index (χ1n) is 2.67. The van der Waals surface area contributed by atoms with Gasteiger partial charge in [-0.25, -0.2) is 0 Å². The number of hydrogen-bond acceptors (Lipinski definition) is 4. The lowest BCUT2D eigenvalue weighted by molar-refractivity contribution is 1.09. The minimum absolute atomic E-state index is 0.843. The molecule has 0 saturated carbocycles. The molecule has 4 nitrogen and oxygen atoms in total. The molecule has 49 valence electrons. The zero-order valence-electron chi connectivity index (χ0n) is 4.90. The lowest BCUT2D eigenvalue weighted by Gasteiger charge is -1.79. The molecular formula is C5H3N4S. The summed E-state index contributed by atoms with van der Waals surface area (Å²) in [5.41, 5.74) is 0.843. The van der Waals surface area contributed by atoms with Gasteiger partial charge in [-0.15, -0.1) is 5.10 Å². The fourth-order valence-corrected chi connectivity index (χ4v) is 1.09. The van der Waals surface area contributed by atoms with Crippen molar-refractivity contribution in [2.45, 2.75) is 0 Å². The Morgan fingerprint density at radius 1 is 1.60 bits per heavy atom. The lowest BCUT2D eigenvalue weighted by atomic mass is 10.4. The van der Waals surface area contributed by atoms with E-state index in [1.165, 1.54) is 11.5 Å². The molecule has 0 unspecified atom stereocenters. The summed E-state index contributed by atoms with van der Waals surface area (Å²) in [6.45, 7) is 0. The Morgan fingerprint density at radius 3 is 3.20 bits per heavy atom. The maximum Gasteiger partial charge on any atom is 0.137 e. The summed E-state index contributed by atoms with van der Waals surface area (Å²) in [5.74, 6) is 0. The van der Waals surface area contributed by atoms with Crippen LogP contribution in [0.1, 0.15) is 0 Å². The van der Waals surface area contributed by atoms with E-state index < -0.39 is 0 Å². The molecule has 0 saturated heterocycles. The summed E-state index contributed by atoms with van der Waals surface area (Å²) >= 11 is 1.28. The van der Waals surface area contributed by atoms with Crippen molar-refractivity contribution in [1.29, 1.82) is 0 Å². The summed E-state index contributed by atoms with van der Waals surface area (Å²) in [4.78, 5) is 0.862. The molecule has 0 aromatic carbocycles. The molecule has 10 heavy (non-hydrogen) atoms. The largest absolute Gasteiger partial charge is 0.285 e. The van der Waals surface area contributed by atoms with Gasteiger partial charge in [-0.1, -0.05) is 4.49 Å². The van der Waals surface area contributed by atoms with Crippen LogP contribution >= 0.6 is 11.5 Å². The summed E-state index contributed by atoms with van der Waals surface area (Å²) in [6.07, 6.45) is 4.47. The van der Waals surface area contributed by atoms with Crippen molar-refractivity contribution >= 4 is 11.5 Å². The van der Waals surface area contributed by atoms with E-state index in [-0.39, 0.29) is 0 Å². The maximum atomic E-state index is 3.93. The van der Waals surface area contributed by atoms with Crippen LogP contribution in [0.3, 0.4) is 0 Å². The van der Waals surface area contributed by atoms with Gasteiger partial charge in [0.2, 0.25) is 0 Å². The first kappa shape index (κ1) is 5.55. The maximum absolute atomic E-state index is 3.93. The monoisotopic (exact) mass is 151 g/mol. The highest BCUT2D eigenvalue weighted by Crippen LogP contribution is 2.16. The van der Waals surface area contributed by atoms with E-state index in [1.807, 2.05) is 6.07 Å². The van der Waals surface area contributed by atoms with Crippen LogP contribution in [0, 0.1) is 6.20 Å². The predicted molar refractivity (Wildman–Crippen MR) is 36.3 cm³/mol. The molecule has 0 atom stereocenters. The Morgan fingerprint density at radius 2 is 2.60 bits per heavy atom. The average Bonchev–Trinajstić information content (AvgIpc) is 2.59. The van der Waals surface area contributed by atoms with E-state index in [2.05, 4.69) is 26.0 Å². The quantitative estimate of drug-likeness (QED) is 0.653. The molecule has 0 amide bonds. The molecule has 0 fully saturated rings. The minimum atomic E-state index is 0.843. The third kappa shape index (κ3) is 0.801. The molecule has 2 rings (SSSR count).